The Morgan fingerprint density at radius 1 is 1.23 bits per heavy atom. The first kappa shape index (κ1) is 24.0. The zero-order chi connectivity index (χ0) is 22.1. The Kier molecular flexibility index (Phi) is 8.94. The number of pyridine rings is 1. The van der Waals surface area contributed by atoms with Gasteiger partial charge in [0.1, 0.15) is 6.04 Å². The molecule has 1 amide bonds. The molecule has 1 atom stereocenters. The second-order valence-corrected chi connectivity index (χ2v) is 9.51. The van der Waals surface area contributed by atoms with Crippen LogP contribution in [0.15, 0.2) is 36.5 Å². The van der Waals surface area contributed by atoms with Gasteiger partial charge < -0.3 is 14.8 Å². The number of thioether (sulfide) groups is 1. The number of hydrogen-bond donors (Lipinski definition) is 2. The Morgan fingerprint density at radius 3 is 2.60 bits per heavy atom. The van der Waals surface area contributed by atoms with Crippen LogP contribution in [0.1, 0.15) is 18.9 Å². The van der Waals surface area contributed by atoms with Crippen molar-refractivity contribution in [2.75, 3.05) is 30.2 Å². The third-order valence-corrected chi connectivity index (χ3v) is 6.21. The van der Waals surface area contributed by atoms with Gasteiger partial charge in [-0.05, 0) is 56.0 Å². The topological polar surface area (TPSA) is 107 Å². The molecule has 2 rings (SSSR count). The number of anilines is 1. The number of methoxy groups -OCH3 is 1. The Hall–Kier alpha value is -2.30. The summed E-state index contributed by atoms with van der Waals surface area (Å²) in [6, 6.07) is 7.95. The van der Waals surface area contributed by atoms with Crippen LogP contribution in [-0.4, -0.2) is 50.2 Å². The molecule has 0 fully saturated rings. The molecule has 1 aromatic heterocycles. The minimum atomic E-state index is -3.51. The second-order valence-electron chi connectivity index (χ2n) is 6.49. The maximum atomic E-state index is 12.6. The summed E-state index contributed by atoms with van der Waals surface area (Å²) in [6.07, 6.45) is 3.73. The number of ether oxygens (including phenoxy) is 2. The first-order valence-electron chi connectivity index (χ1n) is 9.36. The molecule has 0 aliphatic rings. The minimum Gasteiger partial charge on any atom is -0.493 e. The summed E-state index contributed by atoms with van der Waals surface area (Å²) in [5, 5.41) is 2.70. The number of carbonyl (C=O) groups excluding carboxylic acids is 1. The summed E-state index contributed by atoms with van der Waals surface area (Å²) >= 11 is 1.54. The lowest BCUT2D eigenvalue weighted by atomic mass is 10.2. The Morgan fingerprint density at radius 2 is 2.00 bits per heavy atom. The lowest BCUT2D eigenvalue weighted by molar-refractivity contribution is -0.117. The van der Waals surface area contributed by atoms with Crippen LogP contribution in [0, 0.1) is 6.92 Å². The molecule has 0 bridgehead atoms. The summed E-state index contributed by atoms with van der Waals surface area (Å²) < 4.78 is 37.3. The lowest BCUT2D eigenvalue weighted by Crippen LogP contribution is -2.44. The molecule has 2 aromatic rings. The molecule has 8 nitrogen and oxygen atoms in total. The normalized spacial score (nSPS) is 12.3. The molecule has 0 radical (unpaired) electrons. The minimum absolute atomic E-state index is 0.0912. The number of rotatable bonds is 11. The average Bonchev–Trinajstić information content (AvgIpc) is 2.73. The van der Waals surface area contributed by atoms with E-state index in [4.69, 9.17) is 9.47 Å². The summed E-state index contributed by atoms with van der Waals surface area (Å²) in [6.45, 7) is 3.48. The number of nitrogens with zero attached hydrogens (tertiary/aromatic N) is 1. The predicted molar refractivity (Wildman–Crippen MR) is 120 cm³/mol. The average molecular weight is 454 g/mol. The van der Waals surface area contributed by atoms with Gasteiger partial charge >= 0.3 is 0 Å². The van der Waals surface area contributed by atoms with Crippen molar-refractivity contribution in [3.05, 3.63) is 42.1 Å². The smallest absolute Gasteiger partial charge is 0.242 e. The fraction of sp³-hybridized carbons (Fsp3) is 0.400. The molecule has 164 valence electrons. The van der Waals surface area contributed by atoms with Gasteiger partial charge in [0.05, 0.1) is 24.7 Å². The molecule has 2 N–H and O–H groups in total. The lowest BCUT2D eigenvalue weighted by Gasteiger charge is -2.17. The van der Waals surface area contributed by atoms with Gasteiger partial charge in [-0.25, -0.2) is 18.1 Å². The zero-order valence-electron chi connectivity index (χ0n) is 17.5. The Labute approximate surface area is 181 Å². The largest absolute Gasteiger partial charge is 0.493 e. The number of benzene rings is 1. The molecule has 30 heavy (non-hydrogen) atoms. The molecule has 1 heterocycles. The highest BCUT2D eigenvalue weighted by Crippen LogP contribution is 2.31. The summed E-state index contributed by atoms with van der Waals surface area (Å²) in [5.41, 5.74) is 1.48. The number of hydrogen-bond acceptors (Lipinski definition) is 7. The van der Waals surface area contributed by atoms with E-state index in [2.05, 4.69) is 15.0 Å². The van der Waals surface area contributed by atoms with Crippen molar-refractivity contribution >= 4 is 33.4 Å². The van der Waals surface area contributed by atoms with Crippen molar-refractivity contribution < 1.29 is 22.7 Å². The van der Waals surface area contributed by atoms with Crippen molar-refractivity contribution in [1.29, 1.82) is 0 Å². The number of aromatic nitrogens is 1. The van der Waals surface area contributed by atoms with E-state index in [-0.39, 0.29) is 5.75 Å². The molecular formula is C20H27N3O5S2. The second kappa shape index (κ2) is 11.2. The molecule has 0 saturated heterocycles. The van der Waals surface area contributed by atoms with Gasteiger partial charge in [-0.3, -0.25) is 4.79 Å². The first-order chi connectivity index (χ1) is 14.3. The van der Waals surface area contributed by atoms with Crippen LogP contribution in [-0.2, 0) is 14.8 Å². The quantitative estimate of drug-likeness (QED) is 0.538. The van der Waals surface area contributed by atoms with Crippen LogP contribution >= 0.6 is 11.8 Å². The third-order valence-electron chi connectivity index (χ3n) is 4.17. The van der Waals surface area contributed by atoms with Crippen molar-refractivity contribution in [3.63, 3.8) is 0 Å². The zero-order valence-corrected chi connectivity index (χ0v) is 19.1. The van der Waals surface area contributed by atoms with Gasteiger partial charge in [-0.2, -0.15) is 11.8 Å². The highest BCUT2D eigenvalue weighted by atomic mass is 32.2. The van der Waals surface area contributed by atoms with Crippen LogP contribution in [0.5, 0.6) is 17.4 Å². The van der Waals surface area contributed by atoms with Crippen molar-refractivity contribution in [2.24, 2.45) is 0 Å². The summed E-state index contributed by atoms with van der Waals surface area (Å²) in [4.78, 5) is 16.8. The van der Waals surface area contributed by atoms with Gasteiger partial charge in [0.25, 0.3) is 0 Å². The third kappa shape index (κ3) is 7.19. The monoisotopic (exact) mass is 453 g/mol. The van der Waals surface area contributed by atoms with E-state index < -0.39 is 22.0 Å². The Balaban J connectivity index is 2.07. The van der Waals surface area contributed by atoms with Gasteiger partial charge in [0.2, 0.25) is 21.8 Å². The van der Waals surface area contributed by atoms with Crippen LogP contribution in [0.3, 0.4) is 0 Å². The molecule has 1 unspecified atom stereocenters. The van der Waals surface area contributed by atoms with Crippen LogP contribution in [0.4, 0.5) is 5.69 Å². The fourth-order valence-electron chi connectivity index (χ4n) is 2.50. The molecule has 0 saturated carbocycles. The van der Waals surface area contributed by atoms with Crippen molar-refractivity contribution in [1.82, 2.24) is 9.71 Å². The molecule has 0 spiro atoms. The predicted octanol–water partition coefficient (Wildman–Crippen LogP) is 3.19. The number of aryl methyl sites for hydroxylation is 1. The van der Waals surface area contributed by atoms with Crippen molar-refractivity contribution in [2.45, 2.75) is 26.3 Å². The van der Waals surface area contributed by atoms with E-state index in [1.165, 1.54) is 24.9 Å². The van der Waals surface area contributed by atoms with Crippen LogP contribution < -0.4 is 19.5 Å². The van der Waals surface area contributed by atoms with E-state index in [1.54, 1.807) is 25.3 Å². The van der Waals surface area contributed by atoms with Gasteiger partial charge in [-0.1, -0.05) is 6.07 Å². The van der Waals surface area contributed by atoms with Crippen LogP contribution in [0.2, 0.25) is 0 Å². The van der Waals surface area contributed by atoms with Gasteiger partial charge in [0.15, 0.2) is 11.5 Å². The molecular weight excluding hydrogens is 426 g/mol. The SMILES string of the molecule is CCS(=O)(=O)NC(CCSC)C(=O)Nc1ccc(Oc2ccc(C)cc2OC)nc1. The highest BCUT2D eigenvalue weighted by Gasteiger charge is 2.23. The number of carbonyl (C=O) groups is 1. The maximum Gasteiger partial charge on any atom is 0.242 e. The first-order valence-corrected chi connectivity index (χ1v) is 12.4. The van der Waals surface area contributed by atoms with E-state index >= 15 is 0 Å². The maximum absolute atomic E-state index is 12.6. The van der Waals surface area contributed by atoms with Gasteiger partial charge in [-0.15, -0.1) is 0 Å². The number of amides is 1. The molecule has 0 aliphatic carbocycles. The molecule has 1 aromatic carbocycles. The fourth-order valence-corrected chi connectivity index (χ4v) is 3.79. The highest BCUT2D eigenvalue weighted by molar-refractivity contribution is 7.98. The summed E-state index contributed by atoms with van der Waals surface area (Å²) in [5.74, 6) is 1.57. The molecule has 10 heteroatoms. The van der Waals surface area contributed by atoms with E-state index in [0.29, 0.717) is 35.2 Å². The standard InChI is InChI=1S/C20H27N3O5S2/c1-5-30(25,26)23-16(10-11-29-4)20(24)22-15-7-9-19(21-13-15)28-17-8-6-14(2)12-18(17)27-3/h6-9,12-13,16,23H,5,10-11H2,1-4H3,(H,22,24). The Bertz CT molecular complexity index is 949. The van der Waals surface area contributed by atoms with Gasteiger partial charge in [0, 0.05) is 6.07 Å². The van der Waals surface area contributed by atoms with Crippen molar-refractivity contribution in [3.8, 4) is 17.4 Å². The van der Waals surface area contributed by atoms with Crippen LogP contribution in [0.25, 0.3) is 0 Å². The molecule has 0 aliphatic heterocycles. The van der Waals surface area contributed by atoms with E-state index in [1.807, 2.05) is 25.3 Å². The van der Waals surface area contributed by atoms with E-state index in [0.717, 1.165) is 5.56 Å². The number of sulfonamides is 1. The number of nitrogens with one attached hydrogen (secondary N) is 2. The summed E-state index contributed by atoms with van der Waals surface area (Å²) in [7, 11) is -1.94. The van der Waals surface area contributed by atoms with E-state index in [9.17, 15) is 13.2 Å².